The van der Waals surface area contributed by atoms with Crippen molar-refractivity contribution in [3.63, 3.8) is 0 Å². The number of para-hydroxylation sites is 1. The van der Waals surface area contributed by atoms with Crippen molar-refractivity contribution in [3.05, 3.63) is 29.8 Å². The number of hydrogen-bond acceptors (Lipinski definition) is 4. The van der Waals surface area contributed by atoms with Gasteiger partial charge in [-0.25, -0.2) is 5.01 Å². The number of hydrogen-bond donors (Lipinski definition) is 1. The molecule has 1 aromatic rings. The van der Waals surface area contributed by atoms with Crippen molar-refractivity contribution in [1.82, 2.24) is 5.01 Å². The Morgan fingerprint density at radius 1 is 1.33 bits per heavy atom. The summed E-state index contributed by atoms with van der Waals surface area (Å²) >= 11 is 0. The number of amides is 2. The van der Waals surface area contributed by atoms with Crippen molar-refractivity contribution in [2.24, 2.45) is 11.0 Å². The monoisotopic (exact) mass is 329 g/mol. The highest BCUT2D eigenvalue weighted by molar-refractivity contribution is 6.44. The van der Waals surface area contributed by atoms with Crippen LogP contribution in [0.2, 0.25) is 0 Å². The summed E-state index contributed by atoms with van der Waals surface area (Å²) in [6.07, 6.45) is 0.609. The van der Waals surface area contributed by atoms with Gasteiger partial charge in [0.05, 0.1) is 13.2 Å². The number of rotatable bonds is 4. The lowest BCUT2D eigenvalue weighted by molar-refractivity contribution is -0.132. The van der Waals surface area contributed by atoms with Crippen LogP contribution in [0, 0.1) is 5.92 Å². The van der Waals surface area contributed by atoms with Crippen molar-refractivity contribution in [1.29, 1.82) is 0 Å². The average molecular weight is 329 g/mol. The first-order valence-electron chi connectivity index (χ1n) is 8.42. The van der Waals surface area contributed by atoms with E-state index in [2.05, 4.69) is 25.0 Å². The molecule has 1 aromatic carbocycles. The summed E-state index contributed by atoms with van der Waals surface area (Å²) < 4.78 is 0. The van der Waals surface area contributed by atoms with Crippen LogP contribution in [0.1, 0.15) is 38.2 Å². The highest BCUT2D eigenvalue weighted by atomic mass is 16.3. The molecule has 0 fully saturated rings. The Morgan fingerprint density at radius 2 is 2.08 bits per heavy atom. The number of fused-ring (bicyclic) bond motifs is 1. The van der Waals surface area contributed by atoms with Crippen LogP contribution in [0.3, 0.4) is 0 Å². The van der Waals surface area contributed by atoms with E-state index in [1.54, 1.807) is 4.90 Å². The van der Waals surface area contributed by atoms with Gasteiger partial charge in [0.15, 0.2) is 0 Å². The third-order valence-corrected chi connectivity index (χ3v) is 4.72. The summed E-state index contributed by atoms with van der Waals surface area (Å²) in [4.78, 5) is 26.6. The molecule has 2 aliphatic rings. The first-order chi connectivity index (χ1) is 11.5. The maximum Gasteiger partial charge on any atom is 0.274 e. The molecule has 6 heteroatoms. The lowest BCUT2D eigenvalue weighted by atomic mass is 9.90. The maximum atomic E-state index is 13.0. The molecule has 3 rings (SSSR count). The minimum Gasteiger partial charge on any atom is -0.394 e. The number of carbonyl (C=O) groups excluding carboxylic acids is 2. The van der Waals surface area contributed by atoms with Crippen molar-refractivity contribution in [2.45, 2.75) is 32.6 Å². The van der Waals surface area contributed by atoms with E-state index in [0.717, 1.165) is 5.69 Å². The number of aliphatic hydroxyl groups is 1. The summed E-state index contributed by atoms with van der Waals surface area (Å²) in [5.41, 5.74) is 2.53. The molecule has 0 aromatic heterocycles. The fraction of sp³-hybridized carbons (Fsp3) is 0.500. The van der Waals surface area contributed by atoms with Crippen molar-refractivity contribution < 1.29 is 14.7 Å². The number of aliphatic hydroxyl groups excluding tert-OH is 1. The van der Waals surface area contributed by atoms with Gasteiger partial charge in [0.2, 0.25) is 5.91 Å². The zero-order valence-corrected chi connectivity index (χ0v) is 14.1. The Hall–Kier alpha value is -2.21. The Balaban J connectivity index is 1.88. The van der Waals surface area contributed by atoms with E-state index in [0.29, 0.717) is 30.5 Å². The molecular formula is C18H23N3O3. The quantitative estimate of drug-likeness (QED) is 0.914. The number of carbonyl (C=O) groups is 2. The number of nitrogens with zero attached hydrogens (tertiary/aromatic N) is 3. The molecule has 0 unspecified atom stereocenters. The van der Waals surface area contributed by atoms with Crippen LogP contribution in [0.4, 0.5) is 5.69 Å². The fourth-order valence-corrected chi connectivity index (χ4v) is 3.38. The van der Waals surface area contributed by atoms with Crippen molar-refractivity contribution >= 4 is 23.2 Å². The largest absolute Gasteiger partial charge is 0.394 e. The van der Waals surface area contributed by atoms with Crippen LogP contribution in [0.15, 0.2) is 29.4 Å². The highest BCUT2D eigenvalue weighted by Crippen LogP contribution is 2.40. The molecule has 6 nitrogen and oxygen atoms in total. The molecule has 2 aliphatic heterocycles. The third-order valence-electron chi connectivity index (χ3n) is 4.72. The maximum absolute atomic E-state index is 13.0. The van der Waals surface area contributed by atoms with Gasteiger partial charge in [-0.2, -0.15) is 5.10 Å². The van der Waals surface area contributed by atoms with Gasteiger partial charge in [-0.1, -0.05) is 32.0 Å². The van der Waals surface area contributed by atoms with E-state index in [1.165, 1.54) is 10.6 Å². The standard InChI is InChI=1S/C18H23N3O3/c1-12(2)14-11-20(16-6-4-3-5-13(14)16)18(24)15-7-8-17(23)21(19-15)9-10-22/h3-6,12,14,22H,7-11H2,1-2H3/t14-/m0/s1. The molecule has 2 heterocycles. The topological polar surface area (TPSA) is 73.2 Å². The predicted molar refractivity (Wildman–Crippen MR) is 91.8 cm³/mol. The lowest BCUT2D eigenvalue weighted by Crippen LogP contribution is -2.42. The third kappa shape index (κ3) is 2.94. The molecular weight excluding hydrogens is 306 g/mol. The second kappa shape index (κ2) is 6.73. The van der Waals surface area contributed by atoms with Crippen LogP contribution in [-0.4, -0.2) is 47.3 Å². The van der Waals surface area contributed by atoms with Gasteiger partial charge < -0.3 is 10.0 Å². The van der Waals surface area contributed by atoms with Crippen LogP contribution in [-0.2, 0) is 9.59 Å². The van der Waals surface area contributed by atoms with Gasteiger partial charge in [-0.05, 0) is 17.5 Å². The number of benzene rings is 1. The normalized spacial score (nSPS) is 20.4. The van der Waals surface area contributed by atoms with Crippen LogP contribution >= 0.6 is 0 Å². The number of anilines is 1. The molecule has 24 heavy (non-hydrogen) atoms. The highest BCUT2D eigenvalue weighted by Gasteiger charge is 2.36. The molecule has 0 bridgehead atoms. The van der Waals surface area contributed by atoms with E-state index in [-0.39, 0.29) is 31.4 Å². The van der Waals surface area contributed by atoms with Gasteiger partial charge in [0, 0.05) is 31.0 Å². The first kappa shape index (κ1) is 16.6. The summed E-state index contributed by atoms with van der Waals surface area (Å²) in [6.45, 7) is 4.92. The Morgan fingerprint density at radius 3 is 2.79 bits per heavy atom. The first-order valence-corrected chi connectivity index (χ1v) is 8.42. The van der Waals surface area contributed by atoms with Crippen LogP contribution in [0.25, 0.3) is 0 Å². The van der Waals surface area contributed by atoms with E-state index < -0.39 is 0 Å². The van der Waals surface area contributed by atoms with Crippen molar-refractivity contribution in [3.8, 4) is 0 Å². The van der Waals surface area contributed by atoms with E-state index in [9.17, 15) is 9.59 Å². The summed E-state index contributed by atoms with van der Waals surface area (Å²) in [5, 5.41) is 14.4. The van der Waals surface area contributed by atoms with Gasteiger partial charge in [0.25, 0.3) is 5.91 Å². The molecule has 0 spiro atoms. The zero-order valence-electron chi connectivity index (χ0n) is 14.1. The number of hydrazone groups is 1. The summed E-state index contributed by atoms with van der Waals surface area (Å²) in [5.74, 6) is 0.456. The fourth-order valence-electron chi connectivity index (χ4n) is 3.38. The average Bonchev–Trinajstić information content (AvgIpc) is 2.96. The smallest absolute Gasteiger partial charge is 0.274 e. The van der Waals surface area contributed by atoms with E-state index in [4.69, 9.17) is 5.11 Å². The Bertz CT molecular complexity index is 684. The molecule has 0 radical (unpaired) electrons. The molecule has 1 atom stereocenters. The summed E-state index contributed by atoms with van der Waals surface area (Å²) in [7, 11) is 0. The van der Waals surface area contributed by atoms with Gasteiger partial charge in [0.1, 0.15) is 5.71 Å². The van der Waals surface area contributed by atoms with Gasteiger partial charge >= 0.3 is 0 Å². The minimum absolute atomic E-state index is 0.126. The minimum atomic E-state index is -0.168. The van der Waals surface area contributed by atoms with E-state index >= 15 is 0 Å². The molecule has 2 amide bonds. The lowest BCUT2D eigenvalue weighted by Gasteiger charge is -2.25. The Labute approximate surface area is 141 Å². The second-order valence-corrected chi connectivity index (χ2v) is 6.61. The summed E-state index contributed by atoms with van der Waals surface area (Å²) in [6, 6.07) is 7.99. The van der Waals surface area contributed by atoms with Crippen molar-refractivity contribution in [2.75, 3.05) is 24.6 Å². The van der Waals surface area contributed by atoms with Gasteiger partial charge in [-0.15, -0.1) is 0 Å². The SMILES string of the molecule is CC(C)[C@@H]1CN(C(=O)C2=NN(CCO)C(=O)CC2)c2ccccc21. The molecule has 0 saturated heterocycles. The molecule has 0 saturated carbocycles. The molecule has 0 aliphatic carbocycles. The Kier molecular flexibility index (Phi) is 4.66. The van der Waals surface area contributed by atoms with Gasteiger partial charge in [-0.3, -0.25) is 9.59 Å². The predicted octanol–water partition coefficient (Wildman–Crippen LogP) is 1.74. The number of β-amino-alcohol motifs (C(OH)–C–C–N with tert-alkyl or cyclic N) is 1. The second-order valence-electron chi connectivity index (χ2n) is 6.61. The molecule has 1 N–H and O–H groups in total. The van der Waals surface area contributed by atoms with E-state index in [1.807, 2.05) is 18.2 Å². The van der Waals surface area contributed by atoms with Crippen LogP contribution in [0.5, 0.6) is 0 Å². The zero-order chi connectivity index (χ0) is 17.3. The molecule has 128 valence electrons. The van der Waals surface area contributed by atoms with Crippen LogP contribution < -0.4 is 4.90 Å².